The molecular weight excluding hydrogens is 286 g/mol. The standard InChI is InChI=1S/C20H27NO2/c1-3-18(10-14-6-4-13(2)5-7-14)21-20(23)17-11-15-8-9-16(12-17)19(15)22/h4-7,15-18H,3,8-12H2,1-2H3,(H,21,23). The molecule has 3 nitrogen and oxygen atoms in total. The number of benzene rings is 1. The van der Waals surface area contributed by atoms with Gasteiger partial charge in [-0.2, -0.15) is 0 Å². The summed E-state index contributed by atoms with van der Waals surface area (Å²) < 4.78 is 0. The minimum absolute atomic E-state index is 0.0391. The molecule has 3 rings (SSSR count). The molecule has 0 heterocycles. The van der Waals surface area contributed by atoms with Crippen LogP contribution in [0.25, 0.3) is 0 Å². The number of fused-ring (bicyclic) bond motifs is 2. The van der Waals surface area contributed by atoms with E-state index in [1.807, 2.05) is 0 Å². The topological polar surface area (TPSA) is 46.2 Å². The molecule has 2 fully saturated rings. The summed E-state index contributed by atoms with van der Waals surface area (Å²) in [5.74, 6) is 0.926. The molecular formula is C20H27NO2. The van der Waals surface area contributed by atoms with Crippen LogP contribution in [-0.2, 0) is 16.0 Å². The lowest BCUT2D eigenvalue weighted by atomic mass is 9.79. The van der Waals surface area contributed by atoms with Gasteiger partial charge in [-0.1, -0.05) is 36.8 Å². The molecule has 2 aliphatic rings. The van der Waals surface area contributed by atoms with Crippen LogP contribution >= 0.6 is 0 Å². The monoisotopic (exact) mass is 313 g/mol. The van der Waals surface area contributed by atoms with Gasteiger partial charge in [0.1, 0.15) is 5.78 Å². The Morgan fingerprint density at radius 1 is 1.17 bits per heavy atom. The minimum atomic E-state index is 0.0391. The molecule has 2 saturated carbocycles. The van der Waals surface area contributed by atoms with Crippen LogP contribution in [-0.4, -0.2) is 17.7 Å². The van der Waals surface area contributed by atoms with Crippen molar-refractivity contribution in [1.82, 2.24) is 5.32 Å². The number of aryl methyl sites for hydroxylation is 1. The average molecular weight is 313 g/mol. The molecule has 1 aromatic rings. The van der Waals surface area contributed by atoms with Crippen molar-refractivity contribution >= 4 is 11.7 Å². The predicted octanol–water partition coefficient (Wildman–Crippen LogP) is 3.44. The molecule has 2 aliphatic carbocycles. The first-order chi connectivity index (χ1) is 11.1. The maximum absolute atomic E-state index is 12.6. The first-order valence-electron chi connectivity index (χ1n) is 8.96. The maximum atomic E-state index is 12.6. The van der Waals surface area contributed by atoms with Crippen LogP contribution in [0, 0.1) is 24.7 Å². The summed E-state index contributed by atoms with van der Waals surface area (Å²) in [6.45, 7) is 4.20. The number of ketones is 1. The van der Waals surface area contributed by atoms with Gasteiger partial charge < -0.3 is 5.32 Å². The summed E-state index contributed by atoms with van der Waals surface area (Å²) in [5.41, 5.74) is 2.52. The van der Waals surface area contributed by atoms with Gasteiger partial charge in [-0.25, -0.2) is 0 Å². The largest absolute Gasteiger partial charge is 0.353 e. The second kappa shape index (κ2) is 6.86. The molecule has 0 spiro atoms. The zero-order chi connectivity index (χ0) is 16.4. The van der Waals surface area contributed by atoms with Crippen LogP contribution in [0.1, 0.15) is 50.2 Å². The first-order valence-corrected chi connectivity index (χ1v) is 8.96. The van der Waals surface area contributed by atoms with Crippen molar-refractivity contribution in [3.05, 3.63) is 35.4 Å². The van der Waals surface area contributed by atoms with Gasteiger partial charge in [0.05, 0.1) is 0 Å². The molecule has 3 heteroatoms. The van der Waals surface area contributed by atoms with E-state index in [-0.39, 0.29) is 29.7 Å². The Morgan fingerprint density at radius 2 is 1.78 bits per heavy atom. The van der Waals surface area contributed by atoms with E-state index >= 15 is 0 Å². The molecule has 0 saturated heterocycles. The number of rotatable bonds is 5. The number of nitrogens with one attached hydrogen (secondary N) is 1. The summed E-state index contributed by atoms with van der Waals surface area (Å²) in [5, 5.41) is 3.23. The molecule has 1 N–H and O–H groups in total. The highest BCUT2D eigenvalue weighted by Crippen LogP contribution is 2.42. The quantitative estimate of drug-likeness (QED) is 0.905. The molecule has 23 heavy (non-hydrogen) atoms. The van der Waals surface area contributed by atoms with Gasteiger partial charge in [0.2, 0.25) is 5.91 Å². The Bertz CT molecular complexity index is 562. The fourth-order valence-corrected chi connectivity index (χ4v) is 4.11. The fourth-order valence-electron chi connectivity index (χ4n) is 4.11. The number of Topliss-reactive ketones (excluding diaryl/α,β-unsaturated/α-hetero) is 1. The van der Waals surface area contributed by atoms with Crippen LogP contribution in [0.2, 0.25) is 0 Å². The highest BCUT2D eigenvalue weighted by Gasteiger charge is 2.43. The summed E-state index contributed by atoms with van der Waals surface area (Å²) in [7, 11) is 0. The SMILES string of the molecule is CCC(Cc1ccc(C)cc1)NC(=O)C1CC2CCC(C1)C2=O. The maximum Gasteiger partial charge on any atom is 0.223 e. The van der Waals surface area contributed by atoms with E-state index in [4.69, 9.17) is 0 Å². The van der Waals surface area contributed by atoms with Crippen LogP contribution < -0.4 is 5.32 Å². The predicted molar refractivity (Wildman–Crippen MR) is 91.0 cm³/mol. The molecule has 0 aromatic heterocycles. The third-order valence-corrected chi connectivity index (χ3v) is 5.62. The highest BCUT2D eigenvalue weighted by molar-refractivity contribution is 5.89. The number of amides is 1. The van der Waals surface area contributed by atoms with Crippen molar-refractivity contribution in [2.24, 2.45) is 17.8 Å². The van der Waals surface area contributed by atoms with Gasteiger partial charge in [-0.05, 0) is 51.0 Å². The highest BCUT2D eigenvalue weighted by atomic mass is 16.2. The smallest absolute Gasteiger partial charge is 0.223 e. The van der Waals surface area contributed by atoms with E-state index in [0.717, 1.165) is 38.5 Å². The fraction of sp³-hybridized carbons (Fsp3) is 0.600. The van der Waals surface area contributed by atoms with E-state index in [1.165, 1.54) is 11.1 Å². The molecule has 1 amide bonds. The Kier molecular flexibility index (Phi) is 4.84. The van der Waals surface area contributed by atoms with Gasteiger partial charge in [0.25, 0.3) is 0 Å². The van der Waals surface area contributed by atoms with Gasteiger partial charge in [0, 0.05) is 23.8 Å². The number of hydrogen-bond acceptors (Lipinski definition) is 2. The molecule has 3 unspecified atom stereocenters. The Morgan fingerprint density at radius 3 is 2.35 bits per heavy atom. The van der Waals surface area contributed by atoms with Gasteiger partial charge >= 0.3 is 0 Å². The van der Waals surface area contributed by atoms with Crippen molar-refractivity contribution in [3.8, 4) is 0 Å². The number of carbonyl (C=O) groups excluding carboxylic acids is 2. The normalized spacial score (nSPS) is 27.7. The van der Waals surface area contributed by atoms with Crippen molar-refractivity contribution < 1.29 is 9.59 Å². The second-order valence-electron chi connectivity index (χ2n) is 7.35. The average Bonchev–Trinajstić information content (AvgIpc) is 2.77. The van der Waals surface area contributed by atoms with Crippen molar-refractivity contribution in [3.63, 3.8) is 0 Å². The third-order valence-electron chi connectivity index (χ3n) is 5.62. The van der Waals surface area contributed by atoms with E-state index < -0.39 is 0 Å². The molecule has 124 valence electrons. The molecule has 0 aliphatic heterocycles. The molecule has 1 aromatic carbocycles. The summed E-state index contributed by atoms with van der Waals surface area (Å²) in [4.78, 5) is 24.6. The Labute approximate surface area is 138 Å². The summed E-state index contributed by atoms with van der Waals surface area (Å²) >= 11 is 0. The van der Waals surface area contributed by atoms with E-state index in [2.05, 4.69) is 43.4 Å². The van der Waals surface area contributed by atoms with Crippen LogP contribution in [0.15, 0.2) is 24.3 Å². The second-order valence-corrected chi connectivity index (χ2v) is 7.35. The first kappa shape index (κ1) is 16.2. The number of carbonyl (C=O) groups is 2. The van der Waals surface area contributed by atoms with Crippen LogP contribution in [0.3, 0.4) is 0 Å². The Balaban J connectivity index is 1.57. The zero-order valence-corrected chi connectivity index (χ0v) is 14.2. The van der Waals surface area contributed by atoms with Crippen molar-refractivity contribution in [2.75, 3.05) is 0 Å². The van der Waals surface area contributed by atoms with Crippen LogP contribution in [0.4, 0.5) is 0 Å². The molecule has 2 bridgehead atoms. The number of hydrogen-bond donors (Lipinski definition) is 1. The van der Waals surface area contributed by atoms with Crippen molar-refractivity contribution in [2.45, 2.75) is 58.4 Å². The van der Waals surface area contributed by atoms with E-state index in [1.54, 1.807) is 0 Å². The van der Waals surface area contributed by atoms with Gasteiger partial charge in [-0.3, -0.25) is 9.59 Å². The van der Waals surface area contributed by atoms with E-state index in [9.17, 15) is 9.59 Å². The summed E-state index contributed by atoms with van der Waals surface area (Å²) in [6.07, 6.45) is 5.32. The lowest BCUT2D eigenvalue weighted by Gasteiger charge is -2.28. The summed E-state index contributed by atoms with van der Waals surface area (Å²) in [6, 6.07) is 8.70. The third kappa shape index (κ3) is 3.65. The van der Waals surface area contributed by atoms with Gasteiger partial charge in [-0.15, -0.1) is 0 Å². The van der Waals surface area contributed by atoms with E-state index in [0.29, 0.717) is 5.78 Å². The zero-order valence-electron chi connectivity index (χ0n) is 14.2. The lowest BCUT2D eigenvalue weighted by molar-refractivity contribution is -0.132. The minimum Gasteiger partial charge on any atom is -0.353 e. The Hall–Kier alpha value is -1.64. The van der Waals surface area contributed by atoms with Gasteiger partial charge in [0.15, 0.2) is 0 Å². The van der Waals surface area contributed by atoms with Crippen LogP contribution in [0.5, 0.6) is 0 Å². The molecule has 0 radical (unpaired) electrons. The molecule has 3 atom stereocenters. The lowest BCUT2D eigenvalue weighted by Crippen LogP contribution is -2.42. The van der Waals surface area contributed by atoms with Crippen molar-refractivity contribution in [1.29, 1.82) is 0 Å².